The molecule has 1 aromatic rings. The van der Waals surface area contributed by atoms with Gasteiger partial charge in [0.1, 0.15) is 11.9 Å². The fraction of sp³-hybridized carbons (Fsp3) is 0.538. The first-order chi connectivity index (χ1) is 8.24. The lowest BCUT2D eigenvalue weighted by atomic mass is 9.95. The Kier molecular flexibility index (Phi) is 3.11. The van der Waals surface area contributed by atoms with Gasteiger partial charge >= 0.3 is 0 Å². The van der Waals surface area contributed by atoms with Crippen molar-refractivity contribution in [3.05, 3.63) is 28.2 Å². The summed E-state index contributed by atoms with van der Waals surface area (Å²) in [6.07, 6.45) is 2.42. The molecule has 1 N–H and O–H groups in total. The summed E-state index contributed by atoms with van der Waals surface area (Å²) in [5, 5.41) is 10.1. The summed E-state index contributed by atoms with van der Waals surface area (Å²) >= 11 is 3.42. The molecule has 1 aromatic carbocycles. The molecule has 2 unspecified atom stereocenters. The summed E-state index contributed by atoms with van der Waals surface area (Å²) in [6, 6.07) is 5.76. The number of benzene rings is 1. The third-order valence-electron chi connectivity index (χ3n) is 3.45. The molecule has 17 heavy (non-hydrogen) atoms. The van der Waals surface area contributed by atoms with Crippen LogP contribution in [0, 0.1) is 0 Å². The van der Waals surface area contributed by atoms with Crippen LogP contribution in [0.2, 0.25) is 0 Å². The topological polar surface area (TPSA) is 38.7 Å². The van der Waals surface area contributed by atoms with E-state index < -0.39 is 6.10 Å². The predicted molar refractivity (Wildman–Crippen MR) is 67.1 cm³/mol. The Morgan fingerprint density at radius 1 is 1.29 bits per heavy atom. The minimum atomic E-state index is -0.443. The normalized spacial score (nSPS) is 32.0. The van der Waals surface area contributed by atoms with Crippen LogP contribution in [0.1, 0.15) is 30.9 Å². The lowest BCUT2D eigenvalue weighted by Gasteiger charge is -2.32. The molecule has 0 radical (unpaired) electrons. The Bertz CT molecular complexity index is 415. The molecule has 3 atom stereocenters. The highest BCUT2D eigenvalue weighted by atomic mass is 79.9. The third kappa shape index (κ3) is 2.21. The molecule has 0 saturated carbocycles. The van der Waals surface area contributed by atoms with Gasteiger partial charge in [0.15, 0.2) is 0 Å². The first-order valence-corrected chi connectivity index (χ1v) is 6.79. The summed E-state index contributed by atoms with van der Waals surface area (Å²) in [5.41, 5.74) is 0.877. The van der Waals surface area contributed by atoms with E-state index in [0.717, 1.165) is 35.2 Å². The van der Waals surface area contributed by atoms with E-state index in [1.807, 2.05) is 18.2 Å². The van der Waals surface area contributed by atoms with E-state index in [4.69, 9.17) is 9.47 Å². The maximum atomic E-state index is 10.1. The zero-order valence-corrected chi connectivity index (χ0v) is 11.0. The van der Waals surface area contributed by atoms with Gasteiger partial charge in [0.05, 0.1) is 12.2 Å². The van der Waals surface area contributed by atoms with Crippen molar-refractivity contribution in [1.82, 2.24) is 0 Å². The van der Waals surface area contributed by atoms with E-state index >= 15 is 0 Å². The Balaban J connectivity index is 1.85. The van der Waals surface area contributed by atoms with Gasteiger partial charge in [-0.25, -0.2) is 0 Å². The van der Waals surface area contributed by atoms with Gasteiger partial charge in [-0.05, 0) is 25.0 Å². The molecule has 0 bridgehead atoms. The van der Waals surface area contributed by atoms with Crippen LogP contribution in [-0.2, 0) is 4.74 Å². The maximum absolute atomic E-state index is 10.1. The number of hydrogen-bond donors (Lipinski definition) is 1. The predicted octanol–water partition coefficient (Wildman–Crippen LogP) is 2.81. The molecule has 0 aliphatic carbocycles. The van der Waals surface area contributed by atoms with Crippen molar-refractivity contribution >= 4 is 15.9 Å². The van der Waals surface area contributed by atoms with Gasteiger partial charge in [-0.2, -0.15) is 0 Å². The number of rotatable bonds is 1. The summed E-state index contributed by atoms with van der Waals surface area (Å²) in [5.74, 6) is 0.777. The SMILES string of the molecule is O[C@@H]1CC(C2CCCO2)Oc2cc(Br)ccc21. The van der Waals surface area contributed by atoms with E-state index in [9.17, 15) is 5.11 Å². The van der Waals surface area contributed by atoms with Crippen LogP contribution in [0.4, 0.5) is 0 Å². The third-order valence-corrected chi connectivity index (χ3v) is 3.94. The van der Waals surface area contributed by atoms with Crippen LogP contribution >= 0.6 is 15.9 Å². The number of fused-ring (bicyclic) bond motifs is 1. The van der Waals surface area contributed by atoms with Gasteiger partial charge in [0, 0.05) is 23.1 Å². The highest BCUT2D eigenvalue weighted by Crippen LogP contribution is 2.38. The van der Waals surface area contributed by atoms with Gasteiger partial charge in [-0.3, -0.25) is 0 Å². The van der Waals surface area contributed by atoms with Crippen molar-refractivity contribution in [2.75, 3.05) is 6.61 Å². The largest absolute Gasteiger partial charge is 0.487 e. The molecule has 2 heterocycles. The van der Waals surface area contributed by atoms with Crippen molar-refractivity contribution in [2.45, 2.75) is 37.6 Å². The van der Waals surface area contributed by atoms with Gasteiger partial charge < -0.3 is 14.6 Å². The van der Waals surface area contributed by atoms with Crippen molar-refractivity contribution < 1.29 is 14.6 Å². The number of halogens is 1. The lowest BCUT2D eigenvalue weighted by molar-refractivity contribution is -0.0271. The standard InChI is InChI=1S/C13H15BrO3/c14-8-3-4-9-10(15)7-13(17-12(9)6-8)11-2-1-5-16-11/h3-4,6,10-11,13,15H,1-2,5,7H2/t10-,11?,13?/m1/s1. The Morgan fingerprint density at radius 3 is 2.94 bits per heavy atom. The van der Waals surface area contributed by atoms with E-state index in [0.29, 0.717) is 6.42 Å². The van der Waals surface area contributed by atoms with Crippen molar-refractivity contribution in [1.29, 1.82) is 0 Å². The zero-order chi connectivity index (χ0) is 11.8. The van der Waals surface area contributed by atoms with Gasteiger partial charge in [-0.15, -0.1) is 0 Å². The monoisotopic (exact) mass is 298 g/mol. The zero-order valence-electron chi connectivity index (χ0n) is 9.43. The van der Waals surface area contributed by atoms with E-state index in [1.54, 1.807) is 0 Å². The van der Waals surface area contributed by atoms with Crippen LogP contribution in [0.5, 0.6) is 5.75 Å². The Hall–Kier alpha value is -0.580. The minimum Gasteiger partial charge on any atom is -0.487 e. The molecular weight excluding hydrogens is 284 g/mol. The summed E-state index contributed by atoms with van der Waals surface area (Å²) < 4.78 is 12.6. The average Bonchev–Trinajstić information content (AvgIpc) is 2.81. The second kappa shape index (κ2) is 4.59. The molecule has 1 saturated heterocycles. The second-order valence-corrected chi connectivity index (χ2v) is 5.56. The summed E-state index contributed by atoms with van der Waals surface area (Å²) in [4.78, 5) is 0. The summed E-state index contributed by atoms with van der Waals surface area (Å²) in [7, 11) is 0. The molecule has 1 fully saturated rings. The average molecular weight is 299 g/mol. The maximum Gasteiger partial charge on any atom is 0.128 e. The van der Waals surface area contributed by atoms with Crippen molar-refractivity contribution in [2.24, 2.45) is 0 Å². The highest BCUT2D eigenvalue weighted by molar-refractivity contribution is 9.10. The van der Waals surface area contributed by atoms with Gasteiger partial charge in [0.2, 0.25) is 0 Å². The van der Waals surface area contributed by atoms with E-state index in [1.165, 1.54) is 0 Å². The fourth-order valence-electron chi connectivity index (χ4n) is 2.57. The Morgan fingerprint density at radius 2 is 2.18 bits per heavy atom. The molecule has 2 aliphatic heterocycles. The summed E-state index contributed by atoms with van der Waals surface area (Å²) in [6.45, 7) is 0.811. The van der Waals surface area contributed by atoms with Crippen LogP contribution < -0.4 is 4.74 Å². The molecule has 0 amide bonds. The molecule has 0 aromatic heterocycles. The fourth-order valence-corrected chi connectivity index (χ4v) is 2.91. The van der Waals surface area contributed by atoms with E-state index in [2.05, 4.69) is 15.9 Å². The smallest absolute Gasteiger partial charge is 0.128 e. The van der Waals surface area contributed by atoms with Crippen LogP contribution in [-0.4, -0.2) is 23.9 Å². The van der Waals surface area contributed by atoms with Gasteiger partial charge in [0.25, 0.3) is 0 Å². The molecule has 92 valence electrons. The first-order valence-electron chi connectivity index (χ1n) is 6.00. The number of aliphatic hydroxyl groups is 1. The number of ether oxygens (including phenoxy) is 2. The van der Waals surface area contributed by atoms with E-state index in [-0.39, 0.29) is 12.2 Å². The van der Waals surface area contributed by atoms with Crippen LogP contribution in [0.15, 0.2) is 22.7 Å². The number of aliphatic hydroxyl groups excluding tert-OH is 1. The minimum absolute atomic E-state index is 0.0192. The first kappa shape index (κ1) is 11.5. The molecule has 0 spiro atoms. The molecule has 4 heteroatoms. The van der Waals surface area contributed by atoms with Crippen LogP contribution in [0.3, 0.4) is 0 Å². The lowest BCUT2D eigenvalue weighted by Crippen LogP contribution is -2.36. The van der Waals surface area contributed by atoms with Gasteiger partial charge in [-0.1, -0.05) is 22.0 Å². The molecular formula is C13H15BrO3. The molecule has 2 aliphatic rings. The second-order valence-electron chi connectivity index (χ2n) is 4.64. The highest BCUT2D eigenvalue weighted by Gasteiger charge is 2.34. The Labute approximate surface area is 109 Å². The number of hydrogen-bond acceptors (Lipinski definition) is 3. The molecule has 3 rings (SSSR count). The van der Waals surface area contributed by atoms with Crippen molar-refractivity contribution in [3.8, 4) is 5.75 Å². The molecule has 3 nitrogen and oxygen atoms in total. The quantitative estimate of drug-likeness (QED) is 0.866. The van der Waals surface area contributed by atoms with Crippen molar-refractivity contribution in [3.63, 3.8) is 0 Å². The van der Waals surface area contributed by atoms with Crippen LogP contribution in [0.25, 0.3) is 0 Å².